The van der Waals surface area contributed by atoms with Crippen LogP contribution in [0.2, 0.25) is 0 Å². The summed E-state index contributed by atoms with van der Waals surface area (Å²) in [5.74, 6) is 1.43. The lowest BCUT2D eigenvalue weighted by molar-refractivity contribution is -0.121. The standard InChI is InChI=1S/C16H28N6O/c1-12(2)20-15(23)5-7-18-16(17-3)22-8-6-13(11-22)14-9-19-21(4)10-14/h9-10,12-13H,5-8,11H2,1-4H3,(H,17,18)(H,20,23). The Hall–Kier alpha value is -2.05. The summed E-state index contributed by atoms with van der Waals surface area (Å²) in [4.78, 5) is 18.3. The van der Waals surface area contributed by atoms with Crippen molar-refractivity contribution in [1.82, 2.24) is 25.3 Å². The van der Waals surface area contributed by atoms with E-state index in [0.29, 0.717) is 18.9 Å². The minimum Gasteiger partial charge on any atom is -0.356 e. The summed E-state index contributed by atoms with van der Waals surface area (Å²) in [5.41, 5.74) is 1.28. The number of carbonyl (C=O) groups is 1. The lowest BCUT2D eigenvalue weighted by Crippen LogP contribution is -2.41. The third-order valence-corrected chi connectivity index (χ3v) is 3.98. The molecular weight excluding hydrogens is 292 g/mol. The van der Waals surface area contributed by atoms with Gasteiger partial charge in [0.2, 0.25) is 5.91 Å². The summed E-state index contributed by atoms with van der Waals surface area (Å²) in [5, 5.41) is 10.4. The average molecular weight is 320 g/mol. The Balaban J connectivity index is 1.79. The molecule has 23 heavy (non-hydrogen) atoms. The van der Waals surface area contributed by atoms with Crippen LogP contribution >= 0.6 is 0 Å². The van der Waals surface area contributed by atoms with E-state index >= 15 is 0 Å². The maximum atomic E-state index is 11.7. The summed E-state index contributed by atoms with van der Waals surface area (Å²) in [6.07, 6.45) is 5.58. The molecule has 7 nitrogen and oxygen atoms in total. The smallest absolute Gasteiger partial charge is 0.221 e. The van der Waals surface area contributed by atoms with E-state index in [9.17, 15) is 4.79 Å². The van der Waals surface area contributed by atoms with Crippen molar-refractivity contribution < 1.29 is 4.79 Å². The SMILES string of the molecule is CN=C(NCCC(=O)NC(C)C)N1CCC(c2cnn(C)c2)C1. The van der Waals surface area contributed by atoms with E-state index in [0.717, 1.165) is 25.5 Å². The first-order valence-electron chi connectivity index (χ1n) is 8.23. The fourth-order valence-electron chi connectivity index (χ4n) is 2.89. The van der Waals surface area contributed by atoms with Crippen molar-refractivity contribution in [3.05, 3.63) is 18.0 Å². The average Bonchev–Trinajstić information content (AvgIpc) is 3.11. The number of nitrogens with zero attached hydrogens (tertiary/aromatic N) is 4. The molecule has 1 aliphatic heterocycles. The molecule has 1 unspecified atom stereocenters. The lowest BCUT2D eigenvalue weighted by atomic mass is 10.0. The minimum absolute atomic E-state index is 0.0672. The molecule has 2 heterocycles. The van der Waals surface area contributed by atoms with Crippen LogP contribution in [-0.4, -0.2) is 59.3 Å². The molecule has 1 fully saturated rings. The van der Waals surface area contributed by atoms with Gasteiger partial charge in [-0.25, -0.2) is 0 Å². The molecule has 7 heteroatoms. The molecular formula is C16H28N6O. The van der Waals surface area contributed by atoms with Gasteiger partial charge < -0.3 is 15.5 Å². The van der Waals surface area contributed by atoms with Crippen LogP contribution < -0.4 is 10.6 Å². The molecule has 1 amide bonds. The van der Waals surface area contributed by atoms with E-state index in [1.54, 1.807) is 7.05 Å². The molecule has 1 aromatic rings. The van der Waals surface area contributed by atoms with E-state index in [2.05, 4.69) is 31.8 Å². The molecule has 2 rings (SSSR count). The Labute approximate surface area is 138 Å². The van der Waals surface area contributed by atoms with Crippen LogP contribution in [0.4, 0.5) is 0 Å². The van der Waals surface area contributed by atoms with Gasteiger partial charge in [0, 0.05) is 58.3 Å². The number of aryl methyl sites for hydroxylation is 1. The van der Waals surface area contributed by atoms with Crippen LogP contribution in [0.5, 0.6) is 0 Å². The monoisotopic (exact) mass is 320 g/mol. The Morgan fingerprint density at radius 2 is 2.30 bits per heavy atom. The molecule has 128 valence electrons. The Morgan fingerprint density at radius 3 is 2.91 bits per heavy atom. The second-order valence-corrected chi connectivity index (χ2v) is 6.33. The van der Waals surface area contributed by atoms with Crippen LogP contribution in [0.25, 0.3) is 0 Å². The molecule has 2 N–H and O–H groups in total. The van der Waals surface area contributed by atoms with Gasteiger partial charge in [-0.3, -0.25) is 14.5 Å². The highest BCUT2D eigenvalue weighted by Crippen LogP contribution is 2.26. The van der Waals surface area contributed by atoms with Gasteiger partial charge in [0.1, 0.15) is 0 Å². The molecule has 0 aliphatic carbocycles. The molecule has 0 bridgehead atoms. The number of aliphatic imine (C=N–C) groups is 1. The Morgan fingerprint density at radius 1 is 1.52 bits per heavy atom. The topological polar surface area (TPSA) is 74.6 Å². The number of rotatable bonds is 5. The normalized spacial score (nSPS) is 18.6. The van der Waals surface area contributed by atoms with Crippen LogP contribution in [0.3, 0.4) is 0 Å². The van der Waals surface area contributed by atoms with E-state index < -0.39 is 0 Å². The van der Waals surface area contributed by atoms with Crippen molar-refractivity contribution >= 4 is 11.9 Å². The van der Waals surface area contributed by atoms with E-state index in [1.807, 2.05) is 31.8 Å². The molecule has 0 aromatic carbocycles. The summed E-state index contributed by atoms with van der Waals surface area (Å²) in [7, 11) is 3.73. The zero-order valence-electron chi connectivity index (χ0n) is 14.5. The fraction of sp³-hybridized carbons (Fsp3) is 0.688. The van der Waals surface area contributed by atoms with Gasteiger partial charge in [0.25, 0.3) is 0 Å². The first-order chi connectivity index (χ1) is 11.0. The van der Waals surface area contributed by atoms with Crippen LogP contribution in [0.1, 0.15) is 38.2 Å². The molecule has 1 saturated heterocycles. The largest absolute Gasteiger partial charge is 0.356 e. The zero-order valence-corrected chi connectivity index (χ0v) is 14.5. The van der Waals surface area contributed by atoms with Gasteiger partial charge in [-0.1, -0.05) is 0 Å². The highest BCUT2D eigenvalue weighted by Gasteiger charge is 2.26. The lowest BCUT2D eigenvalue weighted by Gasteiger charge is -2.21. The van der Waals surface area contributed by atoms with Gasteiger partial charge in [-0.05, 0) is 25.8 Å². The fourth-order valence-corrected chi connectivity index (χ4v) is 2.89. The number of carbonyl (C=O) groups excluding carboxylic acids is 1. The summed E-state index contributed by atoms with van der Waals surface area (Å²) < 4.78 is 1.85. The number of hydrogen-bond donors (Lipinski definition) is 2. The molecule has 1 aliphatic rings. The summed E-state index contributed by atoms with van der Waals surface area (Å²) >= 11 is 0. The van der Waals surface area contributed by atoms with Crippen molar-refractivity contribution in [2.75, 3.05) is 26.7 Å². The zero-order chi connectivity index (χ0) is 16.8. The first-order valence-corrected chi connectivity index (χ1v) is 8.23. The number of hydrogen-bond acceptors (Lipinski definition) is 3. The summed E-state index contributed by atoms with van der Waals surface area (Å²) in [6, 6.07) is 0.181. The minimum atomic E-state index is 0.0672. The third-order valence-electron chi connectivity index (χ3n) is 3.98. The second-order valence-electron chi connectivity index (χ2n) is 6.33. The molecule has 0 saturated carbocycles. The van der Waals surface area contributed by atoms with Crippen LogP contribution in [-0.2, 0) is 11.8 Å². The summed E-state index contributed by atoms with van der Waals surface area (Å²) in [6.45, 7) is 6.43. The van der Waals surface area contributed by atoms with Gasteiger partial charge >= 0.3 is 0 Å². The number of amides is 1. The number of likely N-dealkylation sites (tertiary alicyclic amines) is 1. The van der Waals surface area contributed by atoms with Gasteiger partial charge in [-0.15, -0.1) is 0 Å². The molecule has 1 aromatic heterocycles. The van der Waals surface area contributed by atoms with Crippen molar-refractivity contribution in [2.45, 2.75) is 38.6 Å². The Kier molecular flexibility index (Phi) is 6.01. The van der Waals surface area contributed by atoms with Crippen molar-refractivity contribution in [2.24, 2.45) is 12.0 Å². The van der Waals surface area contributed by atoms with E-state index in [-0.39, 0.29) is 11.9 Å². The van der Waals surface area contributed by atoms with Crippen LogP contribution in [0, 0.1) is 0 Å². The number of guanidine groups is 1. The maximum absolute atomic E-state index is 11.7. The molecule has 0 spiro atoms. The number of nitrogens with one attached hydrogen (secondary N) is 2. The van der Waals surface area contributed by atoms with Gasteiger partial charge in [0.05, 0.1) is 6.20 Å². The molecule has 0 radical (unpaired) electrons. The van der Waals surface area contributed by atoms with Crippen molar-refractivity contribution in [3.63, 3.8) is 0 Å². The van der Waals surface area contributed by atoms with Crippen molar-refractivity contribution in [3.8, 4) is 0 Å². The highest BCUT2D eigenvalue weighted by atomic mass is 16.1. The van der Waals surface area contributed by atoms with E-state index in [1.165, 1.54) is 5.56 Å². The Bertz CT molecular complexity index is 551. The number of aromatic nitrogens is 2. The van der Waals surface area contributed by atoms with E-state index in [4.69, 9.17) is 0 Å². The van der Waals surface area contributed by atoms with Crippen LogP contribution in [0.15, 0.2) is 17.4 Å². The second kappa shape index (κ2) is 7.99. The quantitative estimate of drug-likeness (QED) is 0.619. The van der Waals surface area contributed by atoms with Gasteiger partial charge in [-0.2, -0.15) is 5.10 Å². The predicted octanol–water partition coefficient (Wildman–Crippen LogP) is 0.700. The third kappa shape index (κ3) is 4.97. The highest BCUT2D eigenvalue weighted by molar-refractivity contribution is 5.81. The first kappa shape index (κ1) is 17.3. The predicted molar refractivity (Wildman–Crippen MR) is 91.4 cm³/mol. The maximum Gasteiger partial charge on any atom is 0.221 e. The molecule has 1 atom stereocenters. The van der Waals surface area contributed by atoms with Gasteiger partial charge in [0.15, 0.2) is 5.96 Å². The van der Waals surface area contributed by atoms with Crippen molar-refractivity contribution in [1.29, 1.82) is 0 Å².